The van der Waals surface area contributed by atoms with Crippen LogP contribution >= 0.6 is 0 Å². The van der Waals surface area contributed by atoms with E-state index in [1.807, 2.05) is 0 Å². The highest BCUT2D eigenvalue weighted by molar-refractivity contribution is 7.86. The Morgan fingerprint density at radius 1 is 1.07 bits per heavy atom. The van der Waals surface area contributed by atoms with Crippen LogP contribution in [0.4, 0.5) is 13.2 Å². The number of halogens is 3. The summed E-state index contributed by atoms with van der Waals surface area (Å²) in [5.74, 6) is 0. The zero-order chi connectivity index (χ0) is 12.5. The number of hydrogen-bond donors (Lipinski definition) is 4. The van der Waals surface area contributed by atoms with Crippen molar-refractivity contribution in [2.24, 2.45) is 0 Å². The van der Waals surface area contributed by atoms with Crippen molar-refractivity contribution in [3.05, 3.63) is 0 Å². The maximum absolute atomic E-state index is 10.7. The van der Waals surface area contributed by atoms with E-state index >= 15 is 0 Å². The molecule has 15 heavy (non-hydrogen) atoms. The molecule has 0 heterocycles. The smallest absolute Gasteiger partial charge is 0.395 e. The monoisotopic (exact) mass is 255 g/mol. The van der Waals surface area contributed by atoms with E-state index in [2.05, 4.69) is 5.32 Å². The molecule has 0 aromatic heterocycles. The number of rotatable bonds is 4. The van der Waals surface area contributed by atoms with Crippen LogP contribution in [0.25, 0.3) is 0 Å². The maximum atomic E-state index is 10.7. The lowest BCUT2D eigenvalue weighted by atomic mass is 10.6. The van der Waals surface area contributed by atoms with Crippen LogP contribution in [0.5, 0.6) is 0 Å². The van der Waals surface area contributed by atoms with Crippen molar-refractivity contribution >= 4 is 10.1 Å². The van der Waals surface area contributed by atoms with E-state index in [0.717, 1.165) is 0 Å². The first-order chi connectivity index (χ1) is 6.66. The predicted molar refractivity (Wildman–Crippen MR) is 44.6 cm³/mol. The SMILES string of the molecule is O=S(=O)(O)C(F)(F)F.OCCNCCO. The molecule has 6 nitrogen and oxygen atoms in total. The first-order valence-electron chi connectivity index (χ1n) is 3.63. The molecule has 0 aliphatic carbocycles. The van der Waals surface area contributed by atoms with Crippen molar-refractivity contribution in [2.45, 2.75) is 5.51 Å². The number of hydrogen-bond acceptors (Lipinski definition) is 5. The van der Waals surface area contributed by atoms with E-state index in [0.29, 0.717) is 13.1 Å². The van der Waals surface area contributed by atoms with Crippen LogP contribution in [0.2, 0.25) is 0 Å². The second-order valence-electron chi connectivity index (χ2n) is 2.12. The van der Waals surface area contributed by atoms with Gasteiger partial charge in [-0.2, -0.15) is 21.6 Å². The van der Waals surface area contributed by atoms with E-state index in [4.69, 9.17) is 23.2 Å². The molecule has 0 aromatic rings. The molecule has 0 amide bonds. The molecule has 0 radical (unpaired) electrons. The molecule has 0 saturated carbocycles. The lowest BCUT2D eigenvalue weighted by molar-refractivity contribution is -0.0510. The largest absolute Gasteiger partial charge is 0.522 e. The average Bonchev–Trinajstić information content (AvgIpc) is 2.03. The van der Waals surface area contributed by atoms with Gasteiger partial charge in [-0.1, -0.05) is 0 Å². The van der Waals surface area contributed by atoms with Gasteiger partial charge in [0.1, 0.15) is 0 Å². The Balaban J connectivity index is 0. The zero-order valence-electron chi connectivity index (χ0n) is 7.53. The molecule has 0 aliphatic heterocycles. The van der Waals surface area contributed by atoms with Crippen LogP contribution in [0.1, 0.15) is 0 Å². The van der Waals surface area contributed by atoms with Crippen LogP contribution < -0.4 is 5.32 Å². The summed E-state index contributed by atoms with van der Waals surface area (Å²) in [4.78, 5) is 0. The van der Waals surface area contributed by atoms with Crippen molar-refractivity contribution in [3.8, 4) is 0 Å². The molecule has 0 rings (SSSR count). The summed E-state index contributed by atoms with van der Waals surface area (Å²) in [6, 6.07) is 0. The highest BCUT2D eigenvalue weighted by Gasteiger charge is 2.44. The van der Waals surface area contributed by atoms with Crippen molar-refractivity contribution in [2.75, 3.05) is 26.3 Å². The quantitative estimate of drug-likeness (QED) is 0.290. The highest BCUT2D eigenvalue weighted by atomic mass is 32.2. The highest BCUT2D eigenvalue weighted by Crippen LogP contribution is 2.20. The van der Waals surface area contributed by atoms with Crippen molar-refractivity contribution in [1.29, 1.82) is 0 Å². The molecule has 94 valence electrons. The van der Waals surface area contributed by atoms with Gasteiger partial charge in [0.2, 0.25) is 0 Å². The molecule has 0 aromatic carbocycles. The van der Waals surface area contributed by atoms with Gasteiger partial charge in [-0.25, -0.2) is 0 Å². The standard InChI is InChI=1S/C4H11NO2.CHF3O3S/c6-3-1-5-2-4-7;2-1(3,4)8(5,6)7/h5-7H,1-4H2;(H,5,6,7). The molecule has 0 unspecified atom stereocenters. The predicted octanol–water partition coefficient (Wildman–Crippen LogP) is -1.05. The van der Waals surface area contributed by atoms with Crippen LogP contribution in [-0.2, 0) is 10.1 Å². The van der Waals surface area contributed by atoms with Gasteiger partial charge in [-0.15, -0.1) is 0 Å². The van der Waals surface area contributed by atoms with Crippen molar-refractivity contribution in [1.82, 2.24) is 5.32 Å². The lowest BCUT2D eigenvalue weighted by Crippen LogP contribution is -2.21. The summed E-state index contributed by atoms with van der Waals surface area (Å²) in [5.41, 5.74) is -5.53. The second kappa shape index (κ2) is 7.82. The van der Waals surface area contributed by atoms with Crippen molar-refractivity contribution < 1.29 is 36.4 Å². The van der Waals surface area contributed by atoms with Gasteiger partial charge >= 0.3 is 15.6 Å². The van der Waals surface area contributed by atoms with E-state index < -0.39 is 15.6 Å². The fourth-order valence-electron chi connectivity index (χ4n) is 0.283. The van der Waals surface area contributed by atoms with Gasteiger partial charge in [0, 0.05) is 13.1 Å². The number of aliphatic hydroxyl groups is 2. The van der Waals surface area contributed by atoms with Crippen LogP contribution in [-0.4, -0.2) is 55.0 Å². The second-order valence-corrected chi connectivity index (χ2v) is 3.53. The van der Waals surface area contributed by atoms with Crippen LogP contribution in [0.3, 0.4) is 0 Å². The third kappa shape index (κ3) is 11.5. The number of alkyl halides is 3. The summed E-state index contributed by atoms with van der Waals surface area (Å²) < 4.78 is 57.5. The average molecular weight is 255 g/mol. The minimum atomic E-state index is -5.84. The van der Waals surface area contributed by atoms with Crippen LogP contribution in [0.15, 0.2) is 0 Å². The fraction of sp³-hybridized carbons (Fsp3) is 1.00. The normalized spacial score (nSPS) is 11.9. The molecule has 0 fully saturated rings. The van der Waals surface area contributed by atoms with Gasteiger partial charge in [0.25, 0.3) is 0 Å². The lowest BCUT2D eigenvalue weighted by Gasteiger charge is -1.97. The zero-order valence-corrected chi connectivity index (χ0v) is 8.35. The first kappa shape index (κ1) is 17.0. The Hall–Kier alpha value is -0.420. The third-order valence-electron chi connectivity index (χ3n) is 0.870. The summed E-state index contributed by atoms with van der Waals surface area (Å²) >= 11 is 0. The van der Waals surface area contributed by atoms with E-state index in [9.17, 15) is 13.2 Å². The Morgan fingerprint density at radius 2 is 1.33 bits per heavy atom. The Kier molecular flexibility index (Phi) is 8.86. The van der Waals surface area contributed by atoms with Crippen LogP contribution in [0, 0.1) is 0 Å². The first-order valence-corrected chi connectivity index (χ1v) is 5.07. The molecular weight excluding hydrogens is 243 g/mol. The maximum Gasteiger partial charge on any atom is 0.522 e. The Labute approximate surface area is 84.5 Å². The summed E-state index contributed by atoms with van der Waals surface area (Å²) in [7, 11) is -5.84. The number of nitrogens with one attached hydrogen (secondary N) is 1. The molecule has 4 N–H and O–H groups in total. The van der Waals surface area contributed by atoms with Gasteiger partial charge < -0.3 is 15.5 Å². The Bertz CT molecular complexity index is 236. The van der Waals surface area contributed by atoms with Gasteiger partial charge in [-0.3, -0.25) is 4.55 Å². The molecular formula is C5H12F3NO5S. The molecule has 0 saturated heterocycles. The summed E-state index contributed by atoms with van der Waals surface area (Å²) in [6.07, 6.45) is 0. The topological polar surface area (TPSA) is 107 Å². The molecule has 0 aliphatic rings. The molecule has 0 bridgehead atoms. The van der Waals surface area contributed by atoms with Crippen molar-refractivity contribution in [3.63, 3.8) is 0 Å². The third-order valence-corrected chi connectivity index (χ3v) is 1.45. The fourth-order valence-corrected chi connectivity index (χ4v) is 0.283. The van der Waals surface area contributed by atoms with Gasteiger partial charge in [-0.05, 0) is 0 Å². The molecule has 0 spiro atoms. The van der Waals surface area contributed by atoms with Gasteiger partial charge in [0.15, 0.2) is 0 Å². The summed E-state index contributed by atoms with van der Waals surface area (Å²) in [6.45, 7) is 1.42. The van der Waals surface area contributed by atoms with E-state index in [1.165, 1.54) is 0 Å². The number of aliphatic hydroxyl groups excluding tert-OH is 2. The van der Waals surface area contributed by atoms with E-state index in [1.54, 1.807) is 0 Å². The molecule has 0 atom stereocenters. The van der Waals surface area contributed by atoms with Gasteiger partial charge in [0.05, 0.1) is 13.2 Å². The van der Waals surface area contributed by atoms with E-state index in [-0.39, 0.29) is 13.2 Å². The minimum absolute atomic E-state index is 0.139. The molecule has 10 heteroatoms. The Morgan fingerprint density at radius 3 is 1.47 bits per heavy atom. The minimum Gasteiger partial charge on any atom is -0.395 e. The summed E-state index contributed by atoms with van der Waals surface area (Å²) in [5, 5.41) is 19.1.